The second-order valence-electron chi connectivity index (χ2n) is 8.20. The van der Waals surface area contributed by atoms with Crippen LogP contribution in [0.15, 0.2) is 83.1 Å². The third-order valence-electron chi connectivity index (χ3n) is 6.06. The fraction of sp³-hybridized carbons (Fsp3) is 0.148. The monoisotopic (exact) mass is 545 g/mol. The Bertz CT molecular complexity index is 1430. The first-order chi connectivity index (χ1) is 16.5. The molecular formula is C27H23Cl4N3O. The number of hydrogen-bond acceptors (Lipinski definition) is 3. The summed E-state index contributed by atoms with van der Waals surface area (Å²) in [7, 11) is 4.03. The summed E-state index contributed by atoms with van der Waals surface area (Å²) in [6, 6.07) is 20.2. The number of alkyl halides is 1. The van der Waals surface area contributed by atoms with Gasteiger partial charge in [0.15, 0.2) is 0 Å². The molecule has 0 bridgehead atoms. The van der Waals surface area contributed by atoms with E-state index in [0.717, 1.165) is 39.7 Å². The van der Waals surface area contributed by atoms with Gasteiger partial charge in [0.05, 0.1) is 27.5 Å². The third-order valence-corrected chi connectivity index (χ3v) is 7.09. The van der Waals surface area contributed by atoms with Gasteiger partial charge in [-0.15, -0.1) is 11.6 Å². The molecule has 0 aliphatic carbocycles. The minimum atomic E-state index is 0. The maximum absolute atomic E-state index is 6.40. The van der Waals surface area contributed by atoms with E-state index in [1.165, 1.54) is 5.56 Å². The number of aromatic nitrogens is 1. The molecule has 1 aromatic heterocycles. The topological polar surface area (TPSA) is 23.5 Å². The molecule has 0 amide bonds. The van der Waals surface area contributed by atoms with Gasteiger partial charge >= 0.3 is 5.89 Å². The van der Waals surface area contributed by atoms with Crippen LogP contribution in [0.25, 0.3) is 17.2 Å². The highest BCUT2D eigenvalue weighted by Gasteiger charge is 2.30. The Balaban J connectivity index is 0.00000289. The predicted octanol–water partition coefficient (Wildman–Crippen LogP) is 4.32. The summed E-state index contributed by atoms with van der Waals surface area (Å²) in [6.07, 6.45) is 6.04. The predicted molar refractivity (Wildman–Crippen MR) is 142 cm³/mol. The van der Waals surface area contributed by atoms with Crippen molar-refractivity contribution in [3.63, 3.8) is 0 Å². The molecule has 0 unspecified atom stereocenters. The van der Waals surface area contributed by atoms with Gasteiger partial charge in [-0.2, -0.15) is 4.57 Å². The number of rotatable bonds is 5. The van der Waals surface area contributed by atoms with Gasteiger partial charge < -0.3 is 26.6 Å². The zero-order valence-corrected chi connectivity index (χ0v) is 22.2. The molecule has 0 radical (unpaired) electrons. The summed E-state index contributed by atoms with van der Waals surface area (Å²) < 4.78 is 8.04. The molecule has 0 saturated carbocycles. The summed E-state index contributed by atoms with van der Waals surface area (Å²) >= 11 is 18.7. The normalized spacial score (nSPS) is 14.3. The van der Waals surface area contributed by atoms with Crippen molar-refractivity contribution in [3.05, 3.63) is 106 Å². The molecule has 5 rings (SSSR count). The van der Waals surface area contributed by atoms with E-state index in [0.29, 0.717) is 22.5 Å². The summed E-state index contributed by atoms with van der Waals surface area (Å²) in [5.74, 6) is 2.27. The summed E-state index contributed by atoms with van der Waals surface area (Å²) in [5, 5.41) is 1.06. The maximum Gasteiger partial charge on any atom is 0.373 e. The van der Waals surface area contributed by atoms with Crippen LogP contribution in [-0.2, 0) is 19.5 Å². The number of nitrogens with zero attached hydrogens (tertiary/aromatic N) is 3. The molecule has 2 heterocycles. The number of hydrogen-bond donors (Lipinski definition) is 0. The number of anilines is 2. The van der Waals surface area contributed by atoms with Crippen molar-refractivity contribution in [2.45, 2.75) is 12.4 Å². The van der Waals surface area contributed by atoms with Crippen LogP contribution in [0, 0.1) is 0 Å². The number of para-hydroxylation sites is 2. The Morgan fingerprint density at radius 3 is 2.29 bits per heavy atom. The zero-order valence-electron chi connectivity index (χ0n) is 19.2. The Kier molecular flexibility index (Phi) is 7.67. The van der Waals surface area contributed by atoms with Gasteiger partial charge in [-0.3, -0.25) is 0 Å². The molecule has 0 saturated heterocycles. The molecule has 0 spiro atoms. The van der Waals surface area contributed by atoms with Crippen LogP contribution in [0.3, 0.4) is 0 Å². The summed E-state index contributed by atoms with van der Waals surface area (Å²) in [6.45, 7) is 0.677. The molecule has 1 aliphatic heterocycles. The molecule has 0 fully saturated rings. The van der Waals surface area contributed by atoms with Crippen LogP contribution in [0.1, 0.15) is 17.0 Å². The summed E-state index contributed by atoms with van der Waals surface area (Å²) in [4.78, 5) is 4.35. The average molecular weight is 547 g/mol. The average Bonchev–Trinajstić information content (AvgIpc) is 3.29. The Labute approximate surface area is 226 Å². The standard InChI is InChI=1S/C27H23Cl3N3O.ClH/c1-31-23-14-20(29)21(30)15-24(23)33(17-19-12-10-18(16-28)11-13-19)26(31)8-5-9-27-32(2)22-6-3-4-7-25(22)34-27;/h3-15H,16-17H2,1-2H3;1H/q+1;/p-1. The largest absolute Gasteiger partial charge is 1.00 e. The number of aryl methyl sites for hydroxylation is 1. The third kappa shape index (κ3) is 4.89. The number of halogens is 4. The number of allylic oxidation sites excluding steroid dienone is 2. The molecule has 0 atom stereocenters. The first-order valence-electron chi connectivity index (χ1n) is 10.9. The van der Waals surface area contributed by atoms with E-state index >= 15 is 0 Å². The molecule has 0 N–H and O–H groups in total. The minimum Gasteiger partial charge on any atom is -1.00 e. The first kappa shape index (κ1) is 25.5. The van der Waals surface area contributed by atoms with E-state index in [2.05, 4.69) is 40.1 Å². The lowest BCUT2D eigenvalue weighted by atomic mass is 10.1. The van der Waals surface area contributed by atoms with Crippen LogP contribution < -0.4 is 26.8 Å². The van der Waals surface area contributed by atoms with Crippen LogP contribution >= 0.6 is 34.8 Å². The van der Waals surface area contributed by atoms with Gasteiger partial charge in [0.25, 0.3) is 5.52 Å². The van der Waals surface area contributed by atoms with Crippen molar-refractivity contribution in [2.75, 3.05) is 16.8 Å². The van der Waals surface area contributed by atoms with Crippen LogP contribution in [0.2, 0.25) is 10.0 Å². The molecule has 1 aliphatic rings. The molecule has 35 heavy (non-hydrogen) atoms. The van der Waals surface area contributed by atoms with Crippen molar-refractivity contribution in [3.8, 4) is 0 Å². The molecule has 3 aromatic carbocycles. The van der Waals surface area contributed by atoms with Crippen molar-refractivity contribution >= 4 is 63.4 Å². The highest BCUT2D eigenvalue weighted by molar-refractivity contribution is 6.42. The number of oxazole rings is 1. The first-order valence-corrected chi connectivity index (χ1v) is 12.2. The lowest BCUT2D eigenvalue weighted by Gasteiger charge is -2.23. The fourth-order valence-corrected chi connectivity index (χ4v) is 4.70. The van der Waals surface area contributed by atoms with E-state index in [1.807, 2.05) is 67.2 Å². The molecule has 4 nitrogen and oxygen atoms in total. The zero-order chi connectivity index (χ0) is 23.8. The quantitative estimate of drug-likeness (QED) is 0.275. The van der Waals surface area contributed by atoms with Crippen LogP contribution in [0.5, 0.6) is 0 Å². The molecule has 8 heteroatoms. The smallest absolute Gasteiger partial charge is 0.373 e. The molecule has 180 valence electrons. The molecule has 4 aromatic rings. The molecular weight excluding hydrogens is 524 g/mol. The van der Waals surface area contributed by atoms with Crippen molar-refractivity contribution in [2.24, 2.45) is 7.05 Å². The van der Waals surface area contributed by atoms with Gasteiger partial charge in [0.2, 0.25) is 5.58 Å². The lowest BCUT2D eigenvalue weighted by molar-refractivity contribution is -0.652. The van der Waals surface area contributed by atoms with Crippen LogP contribution in [-0.4, -0.2) is 7.05 Å². The fourth-order valence-electron chi connectivity index (χ4n) is 4.21. The van der Waals surface area contributed by atoms with Gasteiger partial charge in [-0.25, -0.2) is 0 Å². The van der Waals surface area contributed by atoms with Crippen molar-refractivity contribution in [1.29, 1.82) is 0 Å². The SMILES string of the molecule is CN1C(=CC=Cc2oc3ccccc3[n+]2C)N(Cc2ccc(CCl)cc2)c2cc(Cl)c(Cl)cc21.[Cl-]. The highest BCUT2D eigenvalue weighted by atomic mass is 35.5. The van der Waals surface area contributed by atoms with E-state index < -0.39 is 0 Å². The lowest BCUT2D eigenvalue weighted by Crippen LogP contribution is -3.00. The Morgan fingerprint density at radius 2 is 1.60 bits per heavy atom. The summed E-state index contributed by atoms with van der Waals surface area (Å²) in [5.41, 5.74) is 6.17. The number of fused-ring (bicyclic) bond motifs is 2. The highest BCUT2D eigenvalue weighted by Crippen LogP contribution is 2.45. The maximum atomic E-state index is 6.40. The van der Waals surface area contributed by atoms with Gasteiger partial charge in [-0.1, -0.05) is 59.6 Å². The van der Waals surface area contributed by atoms with Gasteiger partial charge in [0, 0.05) is 25.5 Å². The van der Waals surface area contributed by atoms with E-state index in [1.54, 1.807) is 0 Å². The number of benzene rings is 3. The Morgan fingerprint density at radius 1 is 0.943 bits per heavy atom. The van der Waals surface area contributed by atoms with Gasteiger partial charge in [-0.05, 0) is 41.5 Å². The van der Waals surface area contributed by atoms with E-state index in [-0.39, 0.29) is 12.4 Å². The second kappa shape index (κ2) is 10.5. The second-order valence-corrected chi connectivity index (χ2v) is 9.28. The van der Waals surface area contributed by atoms with E-state index in [4.69, 9.17) is 39.2 Å². The van der Waals surface area contributed by atoms with Crippen molar-refractivity contribution in [1.82, 2.24) is 0 Å². The Hall–Kier alpha value is -2.63. The van der Waals surface area contributed by atoms with Crippen LogP contribution in [0.4, 0.5) is 11.4 Å². The van der Waals surface area contributed by atoms with Gasteiger partial charge in [0.1, 0.15) is 12.9 Å². The minimum absolute atomic E-state index is 0. The van der Waals surface area contributed by atoms with E-state index in [9.17, 15) is 0 Å². The van der Waals surface area contributed by atoms with Crippen molar-refractivity contribution < 1.29 is 21.4 Å².